The summed E-state index contributed by atoms with van der Waals surface area (Å²) in [4.78, 5) is 45.2. The van der Waals surface area contributed by atoms with E-state index in [2.05, 4.69) is 0 Å². The van der Waals surface area contributed by atoms with E-state index in [0.29, 0.717) is 0 Å². The lowest BCUT2D eigenvalue weighted by Crippen LogP contribution is -2.66. The van der Waals surface area contributed by atoms with Crippen molar-refractivity contribution in [2.24, 2.45) is 0 Å². The van der Waals surface area contributed by atoms with Gasteiger partial charge in [-0.3, -0.25) is 19.2 Å². The van der Waals surface area contributed by atoms with Crippen LogP contribution in [0.5, 0.6) is 0 Å². The summed E-state index contributed by atoms with van der Waals surface area (Å²) in [6.07, 6.45) is -11.1. The molecule has 1 N–H and O–H groups in total. The summed E-state index contributed by atoms with van der Waals surface area (Å²) >= 11 is 0. The van der Waals surface area contributed by atoms with Crippen molar-refractivity contribution in [3.8, 4) is 0 Å². The molecule has 0 unspecified atom stereocenters. The van der Waals surface area contributed by atoms with Crippen LogP contribution in [0, 0.1) is 0 Å². The molecule has 0 aliphatic carbocycles. The van der Waals surface area contributed by atoms with Gasteiger partial charge in [-0.05, 0) is 6.92 Å². The van der Waals surface area contributed by atoms with Gasteiger partial charge < -0.3 is 24.3 Å². The summed E-state index contributed by atoms with van der Waals surface area (Å²) in [5.74, 6) is -5.04. The van der Waals surface area contributed by atoms with Crippen LogP contribution in [0.1, 0.15) is 27.7 Å². The zero-order valence-electron chi connectivity index (χ0n) is 14.3. The third-order valence-electron chi connectivity index (χ3n) is 3.23. The van der Waals surface area contributed by atoms with E-state index in [0.717, 1.165) is 20.8 Å². The Morgan fingerprint density at radius 2 is 1.35 bits per heavy atom. The van der Waals surface area contributed by atoms with E-state index in [-0.39, 0.29) is 0 Å². The molecule has 0 aromatic carbocycles. The Labute approximate surface area is 146 Å². The number of ether oxygens (including phenoxy) is 4. The largest absolute Gasteiger partial charge is 0.471 e. The van der Waals surface area contributed by atoms with Crippen molar-refractivity contribution in [1.29, 1.82) is 0 Å². The normalized spacial score (nSPS) is 28.7. The standard InChI is InChI=1S/C14H18F3NO8/c1-5-10(24-6(2)19)9(18-13(22)14(15,16)17)11(25-7(3)20)12(23-5)26-8(4)21/h5,9-12H,1-4H3,(H,18,22)/t5-,9-,10+,11+,12-/m1/s1. The molecular formula is C14H18F3NO8. The maximum absolute atomic E-state index is 12.6. The number of carbonyl (C=O) groups is 4. The monoisotopic (exact) mass is 385 g/mol. The molecule has 1 amide bonds. The number of amides is 1. The van der Waals surface area contributed by atoms with Crippen LogP contribution >= 0.6 is 0 Å². The number of hydrogen-bond acceptors (Lipinski definition) is 8. The van der Waals surface area contributed by atoms with Crippen molar-refractivity contribution in [1.82, 2.24) is 5.32 Å². The second-order valence-electron chi connectivity index (χ2n) is 5.46. The number of esters is 3. The highest BCUT2D eigenvalue weighted by Gasteiger charge is 2.52. The third-order valence-corrected chi connectivity index (χ3v) is 3.23. The van der Waals surface area contributed by atoms with Crippen LogP contribution in [0.15, 0.2) is 0 Å². The first-order valence-electron chi connectivity index (χ1n) is 7.37. The van der Waals surface area contributed by atoms with Crippen LogP contribution in [0.2, 0.25) is 0 Å². The van der Waals surface area contributed by atoms with Gasteiger partial charge in [0.2, 0.25) is 6.29 Å². The van der Waals surface area contributed by atoms with E-state index < -0.39 is 60.6 Å². The van der Waals surface area contributed by atoms with Crippen molar-refractivity contribution >= 4 is 23.8 Å². The fraction of sp³-hybridized carbons (Fsp3) is 0.714. The van der Waals surface area contributed by atoms with Crippen LogP contribution in [0.25, 0.3) is 0 Å². The molecule has 0 saturated carbocycles. The summed E-state index contributed by atoms with van der Waals surface area (Å²) in [5.41, 5.74) is 0. The second kappa shape index (κ2) is 8.34. The first-order valence-corrected chi connectivity index (χ1v) is 7.37. The lowest BCUT2D eigenvalue weighted by Gasteiger charge is -2.43. The summed E-state index contributed by atoms with van der Waals surface area (Å²) in [6.45, 7) is 4.27. The highest BCUT2D eigenvalue weighted by molar-refractivity contribution is 5.82. The summed E-state index contributed by atoms with van der Waals surface area (Å²) in [7, 11) is 0. The van der Waals surface area contributed by atoms with Gasteiger partial charge in [0, 0.05) is 20.8 Å². The smallest absolute Gasteiger partial charge is 0.457 e. The maximum atomic E-state index is 12.6. The number of carbonyl (C=O) groups excluding carboxylic acids is 4. The number of halogens is 3. The number of hydrogen-bond donors (Lipinski definition) is 1. The zero-order chi connectivity index (χ0) is 20.2. The lowest BCUT2D eigenvalue weighted by atomic mass is 9.96. The Balaban J connectivity index is 3.26. The van der Waals surface area contributed by atoms with Gasteiger partial charge in [0.25, 0.3) is 0 Å². The van der Waals surface area contributed by atoms with Crippen molar-refractivity contribution in [3.63, 3.8) is 0 Å². The van der Waals surface area contributed by atoms with Gasteiger partial charge >= 0.3 is 30.0 Å². The molecule has 1 fully saturated rings. The van der Waals surface area contributed by atoms with Crippen LogP contribution in [0.4, 0.5) is 13.2 Å². The topological polar surface area (TPSA) is 117 Å². The van der Waals surface area contributed by atoms with Crippen molar-refractivity contribution in [2.75, 3.05) is 0 Å². The van der Waals surface area contributed by atoms with E-state index in [1.807, 2.05) is 0 Å². The van der Waals surface area contributed by atoms with Gasteiger partial charge in [-0.15, -0.1) is 0 Å². The van der Waals surface area contributed by atoms with Crippen LogP contribution in [-0.2, 0) is 38.1 Å². The number of alkyl halides is 3. The Morgan fingerprint density at radius 3 is 1.77 bits per heavy atom. The number of nitrogens with one attached hydrogen (secondary N) is 1. The highest BCUT2D eigenvalue weighted by Crippen LogP contribution is 2.28. The third kappa shape index (κ3) is 5.86. The van der Waals surface area contributed by atoms with Crippen LogP contribution in [-0.4, -0.2) is 60.6 Å². The summed E-state index contributed by atoms with van der Waals surface area (Å²) < 4.78 is 57.8. The van der Waals surface area contributed by atoms with Gasteiger partial charge in [0.1, 0.15) is 6.04 Å². The second-order valence-corrected chi connectivity index (χ2v) is 5.46. The fourth-order valence-electron chi connectivity index (χ4n) is 2.35. The van der Waals surface area contributed by atoms with E-state index in [1.54, 1.807) is 5.32 Å². The van der Waals surface area contributed by atoms with Gasteiger partial charge in [-0.1, -0.05) is 0 Å². The zero-order valence-corrected chi connectivity index (χ0v) is 14.3. The minimum absolute atomic E-state index is 0.869. The average molecular weight is 385 g/mol. The van der Waals surface area contributed by atoms with Crippen molar-refractivity contribution < 1.29 is 51.3 Å². The molecular weight excluding hydrogens is 367 g/mol. The van der Waals surface area contributed by atoms with Gasteiger partial charge in [0.05, 0.1) is 6.10 Å². The molecule has 1 heterocycles. The van der Waals surface area contributed by atoms with Crippen LogP contribution in [0.3, 0.4) is 0 Å². The molecule has 1 aliphatic heterocycles. The molecule has 0 aromatic heterocycles. The molecule has 148 valence electrons. The van der Waals surface area contributed by atoms with E-state index >= 15 is 0 Å². The summed E-state index contributed by atoms with van der Waals surface area (Å²) in [6, 6.07) is -1.68. The molecule has 0 radical (unpaired) electrons. The molecule has 1 saturated heterocycles. The van der Waals surface area contributed by atoms with Gasteiger partial charge in [-0.2, -0.15) is 13.2 Å². The average Bonchev–Trinajstić information content (AvgIpc) is 2.44. The van der Waals surface area contributed by atoms with E-state index in [1.165, 1.54) is 6.92 Å². The lowest BCUT2D eigenvalue weighted by molar-refractivity contribution is -0.270. The fourth-order valence-corrected chi connectivity index (χ4v) is 2.35. The minimum Gasteiger partial charge on any atom is -0.457 e. The summed E-state index contributed by atoms with van der Waals surface area (Å²) in [5, 5.41) is 1.61. The molecule has 0 bridgehead atoms. The predicted octanol–water partition coefficient (Wildman–Crippen LogP) is 0.205. The number of rotatable bonds is 4. The molecule has 1 rings (SSSR count). The highest BCUT2D eigenvalue weighted by atomic mass is 19.4. The Bertz CT molecular complexity index is 579. The maximum Gasteiger partial charge on any atom is 0.471 e. The molecule has 1 aliphatic rings. The predicted molar refractivity (Wildman–Crippen MR) is 75.2 cm³/mol. The SMILES string of the molecule is CC(=O)O[C@H]1O[C@H](C)[C@H](OC(C)=O)[C@@H](NC(=O)C(F)(F)F)[C@@H]1OC(C)=O. The molecule has 26 heavy (non-hydrogen) atoms. The van der Waals surface area contributed by atoms with E-state index in [4.69, 9.17) is 18.9 Å². The quantitative estimate of drug-likeness (QED) is 0.539. The van der Waals surface area contributed by atoms with Crippen LogP contribution < -0.4 is 5.32 Å². The van der Waals surface area contributed by atoms with E-state index in [9.17, 15) is 32.3 Å². The Kier molecular flexibility index (Phi) is 6.95. The molecule has 9 nitrogen and oxygen atoms in total. The molecule has 0 aromatic rings. The van der Waals surface area contributed by atoms with Crippen molar-refractivity contribution in [3.05, 3.63) is 0 Å². The first kappa shape index (κ1) is 21.7. The van der Waals surface area contributed by atoms with Gasteiger partial charge in [-0.25, -0.2) is 0 Å². The van der Waals surface area contributed by atoms with Gasteiger partial charge in [0.15, 0.2) is 12.2 Å². The molecule has 12 heteroatoms. The van der Waals surface area contributed by atoms with Crippen molar-refractivity contribution in [2.45, 2.75) is 64.5 Å². The molecule has 5 atom stereocenters. The Morgan fingerprint density at radius 1 is 0.885 bits per heavy atom. The Hall–Kier alpha value is -2.37. The minimum atomic E-state index is -5.25. The first-order chi connectivity index (χ1) is 11.8. The molecule has 0 spiro atoms.